The highest BCUT2D eigenvalue weighted by molar-refractivity contribution is 7.91. The fraction of sp³-hybridized carbons (Fsp3) is 0.375. The fourth-order valence-corrected chi connectivity index (χ4v) is 5.15. The Morgan fingerprint density at radius 2 is 1.88 bits per heavy atom. The molecule has 0 unspecified atom stereocenters. The number of fused-ring (bicyclic) bond motifs is 1. The second-order valence-corrected chi connectivity index (χ2v) is 9.99. The standard InChI is InChI=1S/C24H28N2O6S/c1-4-23(28)26-16(3)13-18-15-20(9-10-21(18)26)33(30,31)12-11-22(27)25-19-8-6-7-17(14-19)24(29)32-5-2/h6-10,14-16H,4-5,11-13H2,1-3H3,(H,25,27)/t16-/m1/s1. The quantitative estimate of drug-likeness (QED) is 0.590. The third-order valence-corrected chi connectivity index (χ3v) is 7.17. The molecule has 176 valence electrons. The number of anilines is 2. The number of rotatable bonds is 8. The average Bonchev–Trinajstić information content (AvgIpc) is 3.12. The van der Waals surface area contributed by atoms with Gasteiger partial charge in [-0.2, -0.15) is 0 Å². The first-order chi connectivity index (χ1) is 15.7. The van der Waals surface area contributed by atoms with Gasteiger partial charge >= 0.3 is 5.97 Å². The lowest BCUT2D eigenvalue weighted by atomic mass is 10.1. The van der Waals surface area contributed by atoms with E-state index in [0.717, 1.165) is 11.3 Å². The van der Waals surface area contributed by atoms with Gasteiger partial charge in [0.05, 0.1) is 22.8 Å². The molecule has 8 nitrogen and oxygen atoms in total. The van der Waals surface area contributed by atoms with Crippen LogP contribution in [-0.2, 0) is 30.6 Å². The number of sulfone groups is 1. The van der Waals surface area contributed by atoms with Crippen molar-refractivity contribution < 1.29 is 27.5 Å². The Balaban J connectivity index is 1.66. The summed E-state index contributed by atoms with van der Waals surface area (Å²) in [5, 5.41) is 2.62. The molecule has 1 aliphatic rings. The number of benzene rings is 2. The number of hydrogen-bond donors (Lipinski definition) is 1. The second-order valence-electron chi connectivity index (χ2n) is 7.88. The molecule has 0 aromatic heterocycles. The summed E-state index contributed by atoms with van der Waals surface area (Å²) in [6, 6.07) is 11.0. The zero-order chi connectivity index (χ0) is 24.2. The minimum atomic E-state index is -3.70. The number of carbonyl (C=O) groups excluding carboxylic acids is 3. The highest BCUT2D eigenvalue weighted by Crippen LogP contribution is 2.34. The zero-order valence-corrected chi connectivity index (χ0v) is 19.8. The van der Waals surface area contributed by atoms with Crippen LogP contribution in [0.3, 0.4) is 0 Å². The lowest BCUT2D eigenvalue weighted by Crippen LogP contribution is -2.35. The van der Waals surface area contributed by atoms with Crippen LogP contribution in [0.5, 0.6) is 0 Å². The molecular formula is C24H28N2O6S. The summed E-state index contributed by atoms with van der Waals surface area (Å²) in [5.74, 6) is -1.33. The zero-order valence-electron chi connectivity index (χ0n) is 19.0. The molecule has 0 spiro atoms. The van der Waals surface area contributed by atoms with Crippen LogP contribution in [0.2, 0.25) is 0 Å². The highest BCUT2D eigenvalue weighted by Gasteiger charge is 2.31. The molecular weight excluding hydrogens is 444 g/mol. The van der Waals surface area contributed by atoms with Gasteiger partial charge in [-0.05, 0) is 62.2 Å². The van der Waals surface area contributed by atoms with E-state index in [2.05, 4.69) is 5.32 Å². The van der Waals surface area contributed by atoms with E-state index in [9.17, 15) is 22.8 Å². The van der Waals surface area contributed by atoms with Crippen molar-refractivity contribution in [2.75, 3.05) is 22.6 Å². The summed E-state index contributed by atoms with van der Waals surface area (Å²) in [4.78, 5) is 38.3. The van der Waals surface area contributed by atoms with Crippen LogP contribution in [-0.4, -0.2) is 44.6 Å². The van der Waals surface area contributed by atoms with Gasteiger partial charge in [-0.1, -0.05) is 13.0 Å². The third kappa shape index (κ3) is 5.60. The SMILES string of the molecule is CCOC(=O)c1cccc(NC(=O)CCS(=O)(=O)c2ccc3c(c2)C[C@@H](C)N3C(=O)CC)c1. The van der Waals surface area contributed by atoms with Crippen LogP contribution in [0.25, 0.3) is 0 Å². The first-order valence-electron chi connectivity index (χ1n) is 10.9. The maximum Gasteiger partial charge on any atom is 0.338 e. The lowest BCUT2D eigenvalue weighted by molar-refractivity contribution is -0.118. The van der Waals surface area contributed by atoms with Gasteiger partial charge in [-0.15, -0.1) is 0 Å². The van der Waals surface area contributed by atoms with Gasteiger partial charge in [0.15, 0.2) is 9.84 Å². The Bertz CT molecular complexity index is 1180. The minimum absolute atomic E-state index is 0.000513. The molecule has 1 heterocycles. The summed E-state index contributed by atoms with van der Waals surface area (Å²) in [6.07, 6.45) is 0.725. The molecule has 0 bridgehead atoms. The van der Waals surface area contributed by atoms with E-state index in [1.807, 2.05) is 6.92 Å². The highest BCUT2D eigenvalue weighted by atomic mass is 32.2. The summed E-state index contributed by atoms with van der Waals surface area (Å²) in [5.41, 5.74) is 2.23. The van der Waals surface area contributed by atoms with Crippen LogP contribution in [0.15, 0.2) is 47.4 Å². The number of nitrogens with zero attached hydrogens (tertiary/aromatic N) is 1. The Morgan fingerprint density at radius 1 is 1.12 bits per heavy atom. The summed E-state index contributed by atoms with van der Waals surface area (Å²) in [7, 11) is -3.70. The van der Waals surface area contributed by atoms with E-state index in [-0.39, 0.29) is 35.6 Å². The van der Waals surface area contributed by atoms with Crippen LogP contribution in [0.4, 0.5) is 11.4 Å². The van der Waals surface area contributed by atoms with Crippen molar-refractivity contribution in [2.24, 2.45) is 0 Å². The molecule has 0 aliphatic carbocycles. The molecule has 2 aromatic rings. The van der Waals surface area contributed by atoms with Gasteiger partial charge in [0.25, 0.3) is 0 Å². The fourth-order valence-electron chi connectivity index (χ4n) is 3.86. The Kier molecular flexibility index (Phi) is 7.53. The summed E-state index contributed by atoms with van der Waals surface area (Å²) in [6.45, 7) is 5.67. The molecule has 33 heavy (non-hydrogen) atoms. The maximum atomic E-state index is 12.8. The van der Waals surface area contributed by atoms with Gasteiger partial charge in [-0.25, -0.2) is 13.2 Å². The van der Waals surface area contributed by atoms with E-state index in [4.69, 9.17) is 4.74 Å². The molecule has 0 saturated carbocycles. The molecule has 3 rings (SSSR count). The van der Waals surface area contributed by atoms with E-state index < -0.39 is 21.7 Å². The number of esters is 1. The van der Waals surface area contributed by atoms with Crippen molar-refractivity contribution >= 4 is 39.0 Å². The Labute approximate surface area is 193 Å². The summed E-state index contributed by atoms with van der Waals surface area (Å²) < 4.78 is 30.6. The molecule has 1 aliphatic heterocycles. The maximum absolute atomic E-state index is 12.8. The Morgan fingerprint density at radius 3 is 2.58 bits per heavy atom. The van der Waals surface area contributed by atoms with Crippen molar-refractivity contribution in [1.82, 2.24) is 0 Å². The van der Waals surface area contributed by atoms with Gasteiger partial charge in [0.1, 0.15) is 0 Å². The van der Waals surface area contributed by atoms with Crippen LogP contribution < -0.4 is 10.2 Å². The number of amides is 2. The van der Waals surface area contributed by atoms with Crippen LogP contribution in [0, 0.1) is 0 Å². The van der Waals surface area contributed by atoms with Crippen molar-refractivity contribution in [3.8, 4) is 0 Å². The lowest BCUT2D eigenvalue weighted by Gasteiger charge is -2.22. The molecule has 1 atom stereocenters. The number of ether oxygens (including phenoxy) is 1. The van der Waals surface area contributed by atoms with Crippen molar-refractivity contribution in [3.63, 3.8) is 0 Å². The van der Waals surface area contributed by atoms with Gasteiger partial charge in [0.2, 0.25) is 11.8 Å². The van der Waals surface area contributed by atoms with E-state index in [1.165, 1.54) is 12.1 Å². The molecule has 0 radical (unpaired) electrons. The van der Waals surface area contributed by atoms with Crippen LogP contribution >= 0.6 is 0 Å². The molecule has 2 aromatic carbocycles. The second kappa shape index (κ2) is 10.2. The van der Waals surface area contributed by atoms with Crippen molar-refractivity contribution in [3.05, 3.63) is 53.6 Å². The minimum Gasteiger partial charge on any atom is -0.462 e. The predicted octanol–water partition coefficient (Wildman–Crippen LogP) is 3.35. The summed E-state index contributed by atoms with van der Waals surface area (Å²) >= 11 is 0. The van der Waals surface area contributed by atoms with E-state index in [1.54, 1.807) is 49.1 Å². The average molecular weight is 473 g/mol. The number of hydrogen-bond acceptors (Lipinski definition) is 6. The first kappa shape index (κ1) is 24.4. The molecule has 0 fully saturated rings. The van der Waals surface area contributed by atoms with Crippen molar-refractivity contribution in [2.45, 2.75) is 51.0 Å². The molecule has 9 heteroatoms. The smallest absolute Gasteiger partial charge is 0.338 e. The van der Waals surface area contributed by atoms with Gasteiger partial charge in [0, 0.05) is 30.3 Å². The van der Waals surface area contributed by atoms with E-state index >= 15 is 0 Å². The molecule has 1 N–H and O–H groups in total. The van der Waals surface area contributed by atoms with Gasteiger partial charge < -0.3 is 15.0 Å². The normalized spacial score (nSPS) is 15.1. The van der Waals surface area contributed by atoms with E-state index in [0.29, 0.717) is 24.1 Å². The third-order valence-electron chi connectivity index (χ3n) is 5.45. The largest absolute Gasteiger partial charge is 0.462 e. The number of nitrogens with one attached hydrogen (secondary N) is 1. The Hall–Kier alpha value is -3.20. The topological polar surface area (TPSA) is 110 Å². The monoisotopic (exact) mass is 472 g/mol. The van der Waals surface area contributed by atoms with Crippen LogP contribution in [0.1, 0.15) is 49.5 Å². The molecule has 2 amide bonds. The molecule has 0 saturated heterocycles. The predicted molar refractivity (Wildman–Crippen MR) is 125 cm³/mol. The number of carbonyl (C=O) groups is 3. The van der Waals surface area contributed by atoms with Gasteiger partial charge in [-0.3, -0.25) is 9.59 Å². The van der Waals surface area contributed by atoms with Crippen molar-refractivity contribution in [1.29, 1.82) is 0 Å². The first-order valence-corrected chi connectivity index (χ1v) is 12.6.